The Bertz CT molecular complexity index is 204. The second kappa shape index (κ2) is 2.18. The number of amides is 2. The zero-order chi connectivity index (χ0) is 7.02. The van der Waals surface area contributed by atoms with Crippen LogP contribution in [0.4, 0.5) is 0 Å². The highest BCUT2D eigenvalue weighted by Gasteiger charge is 2.31. The number of hydrogen-bond acceptors (Lipinski definition) is 3. The highest BCUT2D eigenvalue weighted by molar-refractivity contribution is 14.1. The molecular formula is C3HIN2O2S. The van der Waals surface area contributed by atoms with Crippen LogP contribution in [0.25, 0.3) is 0 Å². The fraction of sp³-hybridized carbons (Fsp3) is 0. The Hall–Kier alpha value is -0.240. The van der Waals surface area contributed by atoms with Gasteiger partial charge in [0.1, 0.15) is 0 Å². The third kappa shape index (κ3) is 1.04. The average molecular weight is 256 g/mol. The Balaban J connectivity index is 2.90. The first-order valence-corrected chi connectivity index (χ1v) is 3.35. The molecule has 0 aromatic rings. The summed E-state index contributed by atoms with van der Waals surface area (Å²) in [7, 11) is 0. The zero-order valence-electron chi connectivity index (χ0n) is 4.05. The molecule has 1 aliphatic rings. The van der Waals surface area contributed by atoms with Crippen molar-refractivity contribution in [3.05, 3.63) is 0 Å². The van der Waals surface area contributed by atoms with E-state index in [0.717, 1.165) is 3.11 Å². The monoisotopic (exact) mass is 256 g/mol. The van der Waals surface area contributed by atoms with Crippen molar-refractivity contribution >= 4 is 52.0 Å². The van der Waals surface area contributed by atoms with E-state index in [4.69, 9.17) is 0 Å². The number of carbonyl (C=O) groups excluding carboxylic acids is 2. The molecule has 0 spiro atoms. The third-order valence-electron chi connectivity index (χ3n) is 0.771. The van der Waals surface area contributed by atoms with Gasteiger partial charge >= 0.3 is 11.8 Å². The molecule has 2 amide bonds. The highest BCUT2D eigenvalue weighted by Crippen LogP contribution is 2.06. The van der Waals surface area contributed by atoms with Gasteiger partial charge in [-0.05, 0) is 12.2 Å². The summed E-state index contributed by atoms with van der Waals surface area (Å²) >= 11 is 6.22. The minimum atomic E-state index is -0.658. The van der Waals surface area contributed by atoms with Crippen molar-refractivity contribution in [2.24, 2.45) is 0 Å². The minimum Gasteiger partial charge on any atom is -0.294 e. The molecule has 9 heavy (non-hydrogen) atoms. The maximum Gasteiger partial charge on any atom is 0.327 e. The number of hydrogen-bond donors (Lipinski definition) is 1. The smallest absolute Gasteiger partial charge is 0.294 e. The quantitative estimate of drug-likeness (QED) is 0.277. The summed E-state index contributed by atoms with van der Waals surface area (Å²) < 4.78 is 1.06. The summed E-state index contributed by atoms with van der Waals surface area (Å²) in [5.74, 6) is -1.27. The fourth-order valence-electron chi connectivity index (χ4n) is 0.381. The van der Waals surface area contributed by atoms with Crippen LogP contribution in [-0.4, -0.2) is 20.0 Å². The molecule has 6 heteroatoms. The van der Waals surface area contributed by atoms with E-state index in [2.05, 4.69) is 17.5 Å². The van der Waals surface area contributed by atoms with Crippen molar-refractivity contribution in [3.63, 3.8) is 0 Å². The van der Waals surface area contributed by atoms with Gasteiger partial charge < -0.3 is 0 Å². The maximum absolute atomic E-state index is 10.5. The lowest BCUT2D eigenvalue weighted by Crippen LogP contribution is -2.21. The first-order chi connectivity index (χ1) is 4.13. The number of nitrogens with zero attached hydrogens (tertiary/aromatic N) is 1. The molecule has 0 saturated carbocycles. The van der Waals surface area contributed by atoms with Gasteiger partial charge in [0.15, 0.2) is 5.11 Å². The molecule has 1 fully saturated rings. The van der Waals surface area contributed by atoms with Crippen LogP contribution >= 0.6 is 35.1 Å². The number of thiocarbonyl (C=S) groups is 1. The molecular weight excluding hydrogens is 255 g/mol. The molecule has 0 radical (unpaired) electrons. The predicted molar refractivity (Wildman–Crippen MR) is 41.6 cm³/mol. The van der Waals surface area contributed by atoms with E-state index in [0.29, 0.717) is 0 Å². The molecule has 1 saturated heterocycles. The molecule has 1 N–H and O–H groups in total. The lowest BCUT2D eigenvalue weighted by Gasteiger charge is -1.97. The van der Waals surface area contributed by atoms with Crippen LogP contribution in [0.5, 0.6) is 0 Å². The van der Waals surface area contributed by atoms with Crippen LogP contribution in [0.1, 0.15) is 0 Å². The molecule has 1 rings (SSSR count). The van der Waals surface area contributed by atoms with Crippen molar-refractivity contribution in [3.8, 4) is 0 Å². The van der Waals surface area contributed by atoms with Crippen molar-refractivity contribution in [2.45, 2.75) is 0 Å². The van der Waals surface area contributed by atoms with E-state index >= 15 is 0 Å². The molecule has 0 unspecified atom stereocenters. The molecule has 1 heterocycles. The van der Waals surface area contributed by atoms with Crippen LogP contribution in [0, 0.1) is 0 Å². The van der Waals surface area contributed by atoms with Crippen molar-refractivity contribution in [1.29, 1.82) is 0 Å². The summed E-state index contributed by atoms with van der Waals surface area (Å²) in [5.41, 5.74) is 0. The Morgan fingerprint density at radius 3 is 2.22 bits per heavy atom. The summed E-state index contributed by atoms with van der Waals surface area (Å²) in [4.78, 5) is 20.9. The van der Waals surface area contributed by atoms with Crippen LogP contribution in [0.15, 0.2) is 0 Å². The number of halogens is 1. The lowest BCUT2D eigenvalue weighted by atomic mass is 10.6. The third-order valence-corrected chi connectivity index (χ3v) is 2.30. The van der Waals surface area contributed by atoms with Crippen molar-refractivity contribution in [1.82, 2.24) is 8.43 Å². The number of nitrogens with one attached hydrogen (secondary N) is 1. The summed E-state index contributed by atoms with van der Waals surface area (Å²) in [6.45, 7) is 0. The molecule has 0 aliphatic carbocycles. The van der Waals surface area contributed by atoms with Gasteiger partial charge in [-0.2, -0.15) is 0 Å². The van der Waals surface area contributed by atoms with Gasteiger partial charge in [-0.1, -0.05) is 0 Å². The van der Waals surface area contributed by atoms with Crippen LogP contribution in [0.2, 0.25) is 0 Å². The molecule has 1 aliphatic heterocycles. The van der Waals surface area contributed by atoms with Gasteiger partial charge in [0.2, 0.25) is 0 Å². The molecule has 48 valence electrons. The van der Waals surface area contributed by atoms with E-state index in [1.165, 1.54) is 0 Å². The minimum absolute atomic E-state index is 0.158. The van der Waals surface area contributed by atoms with Gasteiger partial charge in [-0.3, -0.25) is 14.9 Å². The van der Waals surface area contributed by atoms with E-state index in [1.807, 2.05) is 0 Å². The summed E-state index contributed by atoms with van der Waals surface area (Å²) in [5, 5.41) is 2.34. The van der Waals surface area contributed by atoms with E-state index in [-0.39, 0.29) is 5.11 Å². The topological polar surface area (TPSA) is 49.4 Å². The second-order valence-electron chi connectivity index (χ2n) is 1.35. The number of carbonyl (C=O) groups is 2. The average Bonchev–Trinajstić information content (AvgIpc) is 1.98. The Labute approximate surface area is 70.1 Å². The summed E-state index contributed by atoms with van der Waals surface area (Å²) in [6.07, 6.45) is 0. The van der Waals surface area contributed by atoms with Crippen molar-refractivity contribution < 1.29 is 9.59 Å². The Morgan fingerprint density at radius 2 is 2.11 bits per heavy atom. The van der Waals surface area contributed by atoms with Gasteiger partial charge in [0.25, 0.3) is 0 Å². The fourth-order valence-corrected chi connectivity index (χ4v) is 0.896. The first-order valence-electron chi connectivity index (χ1n) is 1.98. The SMILES string of the molecule is O=C1NC(=S)N(I)C1=O. The van der Waals surface area contributed by atoms with Crippen LogP contribution < -0.4 is 5.32 Å². The second-order valence-corrected chi connectivity index (χ2v) is 2.70. The Morgan fingerprint density at radius 1 is 1.56 bits per heavy atom. The first kappa shape index (κ1) is 6.87. The predicted octanol–water partition coefficient (Wildman–Crippen LogP) is -0.420. The lowest BCUT2D eigenvalue weighted by molar-refractivity contribution is -0.137. The van der Waals surface area contributed by atoms with Gasteiger partial charge in [0.05, 0.1) is 22.9 Å². The number of rotatable bonds is 0. The van der Waals surface area contributed by atoms with E-state index in [1.54, 1.807) is 22.9 Å². The summed E-state index contributed by atoms with van der Waals surface area (Å²) in [6, 6.07) is 0. The van der Waals surface area contributed by atoms with Gasteiger partial charge in [-0.25, -0.2) is 3.11 Å². The van der Waals surface area contributed by atoms with Gasteiger partial charge in [-0.15, -0.1) is 0 Å². The van der Waals surface area contributed by atoms with E-state index < -0.39 is 11.8 Å². The van der Waals surface area contributed by atoms with Crippen LogP contribution in [-0.2, 0) is 9.59 Å². The molecule has 4 nitrogen and oxygen atoms in total. The highest BCUT2D eigenvalue weighted by atomic mass is 127. The zero-order valence-corrected chi connectivity index (χ0v) is 7.02. The van der Waals surface area contributed by atoms with E-state index in [9.17, 15) is 9.59 Å². The molecule has 0 atom stereocenters. The normalized spacial score (nSPS) is 18.8. The largest absolute Gasteiger partial charge is 0.327 e. The Kier molecular flexibility index (Phi) is 1.66. The maximum atomic E-state index is 10.5. The standard InChI is InChI=1S/C3HIN2O2S/c4-6-2(8)1(7)5-3(6)9/h(H,5,7,9). The molecule has 0 aromatic heterocycles. The van der Waals surface area contributed by atoms with Gasteiger partial charge in [0, 0.05) is 0 Å². The van der Waals surface area contributed by atoms with Crippen molar-refractivity contribution in [2.75, 3.05) is 0 Å². The van der Waals surface area contributed by atoms with Crippen LogP contribution in [0.3, 0.4) is 0 Å². The molecule has 0 aromatic carbocycles. The molecule has 0 bridgehead atoms.